The van der Waals surface area contributed by atoms with Crippen molar-refractivity contribution in [2.24, 2.45) is 14.1 Å². The summed E-state index contributed by atoms with van der Waals surface area (Å²) >= 11 is 27.8. The van der Waals surface area contributed by atoms with Crippen LogP contribution in [-0.2, 0) is 26.9 Å². The van der Waals surface area contributed by atoms with E-state index in [4.69, 9.17) is 68.8 Å². The second-order valence-electron chi connectivity index (χ2n) is 23.8. The van der Waals surface area contributed by atoms with Crippen molar-refractivity contribution in [1.29, 1.82) is 0 Å². The molecule has 10 heterocycles. The van der Waals surface area contributed by atoms with Crippen LogP contribution in [0.25, 0.3) is 43.6 Å². The van der Waals surface area contributed by atoms with Crippen LogP contribution in [0.4, 0.5) is 28.4 Å². The number of carbonyl (C=O) groups is 4. The minimum absolute atomic E-state index is 0.00167. The fraction of sp³-hybridized carbons (Fsp3) is 0.390. The molecule has 16 rings (SSSR count). The lowest BCUT2D eigenvalue weighted by Gasteiger charge is -2.28. The number of H-pyrrole nitrogens is 1. The number of halogens is 5. The third-order valence-corrected chi connectivity index (χ3v) is 18.1. The number of fused-ring (bicyclic) bond motifs is 9. The average Bonchev–Trinajstić information content (AvgIpc) is 0.773. The van der Waals surface area contributed by atoms with Gasteiger partial charge in [0.25, 0.3) is 33.7 Å². The van der Waals surface area contributed by atoms with Gasteiger partial charge in [0.05, 0.1) is 61.1 Å². The van der Waals surface area contributed by atoms with Crippen molar-refractivity contribution < 1.29 is 24.3 Å². The van der Waals surface area contributed by atoms with Gasteiger partial charge in [-0.2, -0.15) is 0 Å². The Hall–Kier alpha value is -12.1. The molecule has 0 aliphatic carbocycles. The number of pyridine rings is 8. The fourth-order valence-corrected chi connectivity index (χ4v) is 12.4. The van der Waals surface area contributed by atoms with Crippen LogP contribution in [0, 0.1) is 0 Å². The molecule has 0 spiro atoms. The summed E-state index contributed by atoms with van der Waals surface area (Å²) < 4.78 is 3.42. The third-order valence-electron chi connectivity index (χ3n) is 16.7. The number of carboxylic acids is 1. The van der Waals surface area contributed by atoms with E-state index in [2.05, 4.69) is 64.6 Å². The number of amides is 2. The number of benzene rings is 6. The summed E-state index contributed by atoms with van der Waals surface area (Å²) in [4.78, 5) is 107. The van der Waals surface area contributed by atoms with E-state index in [9.17, 15) is 33.6 Å². The van der Waals surface area contributed by atoms with Crippen molar-refractivity contribution >= 4 is 153 Å². The van der Waals surface area contributed by atoms with E-state index in [1.54, 1.807) is 83.1 Å². The molecule has 0 radical (unpaired) electrons. The lowest BCUT2D eigenvalue weighted by molar-refractivity contribution is 0.0695. The molecule has 26 heteroatoms. The highest BCUT2D eigenvalue weighted by Gasteiger charge is 2.22. The Labute approximate surface area is 893 Å². The van der Waals surface area contributed by atoms with Crippen molar-refractivity contribution in [1.82, 2.24) is 39.0 Å². The number of nitrogens with one attached hydrogen (secondary N) is 3. The van der Waals surface area contributed by atoms with E-state index in [0.29, 0.717) is 16.5 Å². The first-order chi connectivity index (χ1) is 70.1. The molecule has 0 atom stereocenters. The van der Waals surface area contributed by atoms with Crippen LogP contribution in [0.1, 0.15) is 315 Å². The van der Waals surface area contributed by atoms with Crippen LogP contribution < -0.4 is 42.8 Å². The van der Waals surface area contributed by atoms with Gasteiger partial charge in [0.1, 0.15) is 20.6 Å². The number of para-hydroxylation sites is 6. The van der Waals surface area contributed by atoms with Gasteiger partial charge >= 0.3 is 5.97 Å². The standard InChI is InChI=1S/C13H11ClN2O.2C13H14N2O.C13H10N2O.C12H9ClN2O.C6H3Cl2NO.C6H4ClNO2.C6H7N.18C2H6/c1-16(10-6-3-2-4-7-10)13(17)11-8-5-9-15-12(11)14;1-15-8-4-6-10-12(15)9-5-2-3-7-11(9)14-13(10)16;2*1-15-11-7-3-2-5-9(11)12-10(13(15)16)6-4-8-14-12;13-11-10(7-4-8-14-11)12(16)15-9-5-2-1-3-6-9;7-5-4(6(8)10)2-1-3-9-5;7-5-4(6(9)10)2-1-3-8-5;7-6-4-2-1-3-5-6;18*1-2/h2-9H,1H3;2-3,5,7H,4,6,8H2,1H3,(H,14,16);2-3,5,7,14H,4,6,8H2,1H3;2-8H,1H3;1-8H,(H,15,16);1-3H;1-3H,(H,9,10);1-5H,7H2;18*1-2H3. The van der Waals surface area contributed by atoms with Crippen LogP contribution in [-0.4, -0.2) is 94.4 Å². The van der Waals surface area contributed by atoms with Gasteiger partial charge in [-0.3, -0.25) is 33.8 Å². The van der Waals surface area contributed by atoms with E-state index in [-0.39, 0.29) is 60.2 Å². The summed E-state index contributed by atoms with van der Waals surface area (Å²) in [7, 11) is 7.40. The predicted octanol–water partition coefficient (Wildman–Crippen LogP) is 35.2. The molecule has 2 aliphatic heterocycles. The summed E-state index contributed by atoms with van der Waals surface area (Å²) in [6.07, 6.45) is 11.6. The number of hydrogen-bond donors (Lipinski definition) is 5. The number of carbonyl (C=O) groups excluding carboxylic acids is 3. The molecule has 21 nitrogen and oxygen atoms in total. The smallest absolute Gasteiger partial charge is 0.338 e. The van der Waals surface area contributed by atoms with E-state index in [1.807, 2.05) is 414 Å². The number of nitrogen functional groups attached to an aromatic ring is 1. The van der Waals surface area contributed by atoms with Gasteiger partial charge < -0.3 is 45.4 Å². The van der Waals surface area contributed by atoms with Gasteiger partial charge in [0.15, 0.2) is 0 Å². The predicted molar refractivity (Wildman–Crippen MR) is 639 cm³/mol. The molecule has 0 saturated carbocycles. The molecule has 800 valence electrons. The summed E-state index contributed by atoms with van der Waals surface area (Å²) in [6, 6.07) is 68.2. The van der Waals surface area contributed by atoms with Gasteiger partial charge in [0.2, 0.25) is 0 Å². The zero-order chi connectivity index (χ0) is 113. The lowest BCUT2D eigenvalue weighted by atomic mass is 10.0. The first kappa shape index (κ1) is 152. The van der Waals surface area contributed by atoms with E-state index < -0.39 is 11.2 Å². The Morgan fingerprint density at radius 1 is 0.382 bits per heavy atom. The number of rotatable bonds is 6. The van der Waals surface area contributed by atoms with E-state index >= 15 is 0 Å². The normalized spacial score (nSPS) is 9.27. The molecule has 14 aromatic rings. The van der Waals surface area contributed by atoms with Crippen LogP contribution in [0.3, 0.4) is 0 Å². The van der Waals surface area contributed by atoms with E-state index in [1.165, 1.54) is 30.6 Å². The van der Waals surface area contributed by atoms with Crippen LogP contribution >= 0.6 is 58.0 Å². The van der Waals surface area contributed by atoms with Crippen molar-refractivity contribution in [2.45, 2.75) is 275 Å². The maximum atomic E-state index is 12.2. The van der Waals surface area contributed by atoms with Crippen molar-refractivity contribution in [3.8, 4) is 0 Å². The first-order valence-electron chi connectivity index (χ1n) is 51.5. The zero-order valence-corrected chi connectivity index (χ0v) is 98.6. The van der Waals surface area contributed by atoms with Crippen molar-refractivity contribution in [2.75, 3.05) is 53.4 Å². The number of nitrogens with two attached hydrogens (primary N) is 1. The summed E-state index contributed by atoms with van der Waals surface area (Å²) in [6.45, 7) is 74.0. The highest BCUT2D eigenvalue weighted by atomic mass is 35.5. The lowest BCUT2D eigenvalue weighted by Crippen LogP contribution is -2.29. The minimum atomic E-state index is -1.06. The number of aromatic nitrogens is 8. The number of aromatic amines is 1. The maximum Gasteiger partial charge on any atom is 0.338 e. The molecule has 0 unspecified atom stereocenters. The van der Waals surface area contributed by atoms with Crippen LogP contribution in [0.2, 0.25) is 20.6 Å². The number of hydrogen-bond acceptors (Lipinski definition) is 15. The molecule has 2 aliphatic rings. The molecule has 8 aromatic heterocycles. The molecule has 6 aromatic carbocycles. The highest BCUT2D eigenvalue weighted by molar-refractivity contribution is 6.68. The minimum Gasteiger partial charge on any atom is -0.478 e. The quantitative estimate of drug-likeness (QED) is 0.0447. The zero-order valence-electron chi connectivity index (χ0n) is 94.8. The molecule has 6 N–H and O–H groups in total. The van der Waals surface area contributed by atoms with Crippen LogP contribution in [0.5, 0.6) is 0 Å². The molecule has 2 amide bonds. The number of aryl methyl sites for hydroxylation is 2. The largest absolute Gasteiger partial charge is 0.478 e. The van der Waals surface area contributed by atoms with Gasteiger partial charge in [0, 0.05) is 117 Å². The Morgan fingerprint density at radius 2 is 0.729 bits per heavy atom. The Bertz CT molecular complexity index is 5620. The second kappa shape index (κ2) is 104. The average molecular weight is 2090 g/mol. The number of anilines is 5. The number of aromatic carboxylic acids is 1. The molecule has 144 heavy (non-hydrogen) atoms. The topological polar surface area (TPSA) is 286 Å². The SMILES string of the molecule is CC.CC.CC.CC.CC.CC.CC.CC.CC.CC.CC.CC.CC.CC.CC.CC.CC.CC.CN(C(=O)c1cccnc1Cl)c1ccccc1.CN1CCCc2c1c1ccccc1[nH]c2=O.Cn1c(=O)c2c(c3ccccc31)NCCC2.Cn1c(=O)c2cccnc2c2ccccc21.Nc1ccccc1.O=C(Cl)c1cccnc1Cl.O=C(Nc1ccccc1)c1cccnc1Cl.O=C(O)c1cccnc1Cl. The van der Waals surface area contributed by atoms with E-state index in [0.717, 1.165) is 117 Å². The fourth-order valence-electron chi connectivity index (χ4n) is 11.4. The number of carboxylic acid groups (broad SMARTS) is 1. The van der Waals surface area contributed by atoms with Gasteiger partial charge in [-0.15, -0.1) is 0 Å². The molecule has 0 bridgehead atoms. The molecule has 0 fully saturated rings. The Kier molecular flexibility index (Phi) is 110. The third kappa shape index (κ3) is 55.7. The summed E-state index contributed by atoms with van der Waals surface area (Å²) in [5.74, 6) is -1.49. The number of nitrogens with zero attached hydrogens (tertiary/aromatic N) is 9. The van der Waals surface area contributed by atoms with Gasteiger partial charge in [-0.05, 0) is 153 Å². The monoisotopic (exact) mass is 2080 g/mol. The summed E-state index contributed by atoms with van der Waals surface area (Å²) in [5, 5.41) is 18.5. The molecule has 0 saturated heterocycles. The second-order valence-corrected chi connectivity index (χ2v) is 25.5. The van der Waals surface area contributed by atoms with Crippen molar-refractivity contribution in [3.05, 3.63) is 340 Å². The summed E-state index contributed by atoms with van der Waals surface area (Å²) in [5.41, 5.74) is 16.6. The first-order valence-corrected chi connectivity index (χ1v) is 53.4. The van der Waals surface area contributed by atoms with Gasteiger partial charge in [-0.25, -0.2) is 24.7 Å². The molecular formula is C118H180Cl5N13O8. The maximum absolute atomic E-state index is 12.2. The highest BCUT2D eigenvalue weighted by Crippen LogP contribution is 2.32. The van der Waals surface area contributed by atoms with Gasteiger partial charge in [-0.1, -0.05) is 405 Å². The Balaban J connectivity index is -0.000000171. The van der Waals surface area contributed by atoms with Crippen LogP contribution in [0.15, 0.2) is 270 Å². The van der Waals surface area contributed by atoms with Crippen molar-refractivity contribution in [3.63, 3.8) is 0 Å². The molecular weight excluding hydrogens is 1900 g/mol. The Morgan fingerprint density at radius 3 is 1.14 bits per heavy atom.